The van der Waals surface area contributed by atoms with E-state index < -0.39 is 0 Å². The van der Waals surface area contributed by atoms with Gasteiger partial charge in [0.2, 0.25) is 5.91 Å². The Hall–Kier alpha value is -1.88. The summed E-state index contributed by atoms with van der Waals surface area (Å²) in [4.78, 5) is 18.3. The van der Waals surface area contributed by atoms with Gasteiger partial charge in [0.05, 0.1) is 0 Å². The third kappa shape index (κ3) is 4.32. The van der Waals surface area contributed by atoms with Crippen molar-refractivity contribution in [3.63, 3.8) is 0 Å². The molecule has 1 aromatic heterocycles. The van der Waals surface area contributed by atoms with Gasteiger partial charge in [0.15, 0.2) is 0 Å². The number of aryl methyl sites for hydroxylation is 1. The Bertz CT molecular complexity index is 627. The molecule has 5 nitrogen and oxygen atoms in total. The summed E-state index contributed by atoms with van der Waals surface area (Å²) in [6.45, 7) is 2.41. The van der Waals surface area contributed by atoms with Gasteiger partial charge in [-0.2, -0.15) is 5.10 Å². The van der Waals surface area contributed by atoms with E-state index in [2.05, 4.69) is 22.2 Å². The Balaban J connectivity index is 1.51. The van der Waals surface area contributed by atoms with Crippen LogP contribution in [0, 0.1) is 0 Å². The molecule has 0 radical (unpaired) electrons. The lowest BCUT2D eigenvalue weighted by molar-refractivity contribution is -0.132. The van der Waals surface area contributed by atoms with Crippen LogP contribution in [0.5, 0.6) is 0 Å². The molecule has 122 valence electrons. The molecule has 1 amide bonds. The molecule has 2 heterocycles. The van der Waals surface area contributed by atoms with Crippen molar-refractivity contribution >= 4 is 17.5 Å². The Morgan fingerprint density at radius 3 is 2.87 bits per heavy atom. The maximum absolute atomic E-state index is 12.4. The normalized spacial score (nSPS) is 18.1. The summed E-state index contributed by atoms with van der Waals surface area (Å²) in [6, 6.07) is 8.00. The lowest BCUT2D eigenvalue weighted by Crippen LogP contribution is -2.39. The van der Waals surface area contributed by atoms with Crippen LogP contribution in [0.3, 0.4) is 0 Å². The fourth-order valence-electron chi connectivity index (χ4n) is 3.11. The molecule has 2 aromatic rings. The zero-order valence-electron chi connectivity index (χ0n) is 13.1. The van der Waals surface area contributed by atoms with E-state index >= 15 is 0 Å². The van der Waals surface area contributed by atoms with Crippen LogP contribution in [0.15, 0.2) is 36.9 Å². The van der Waals surface area contributed by atoms with Crippen LogP contribution in [0.1, 0.15) is 37.2 Å². The number of nitrogens with zero attached hydrogens (tertiary/aromatic N) is 4. The van der Waals surface area contributed by atoms with Crippen LogP contribution >= 0.6 is 11.6 Å². The largest absolute Gasteiger partial charge is 0.342 e. The minimum atomic E-state index is 0.240. The van der Waals surface area contributed by atoms with Crippen molar-refractivity contribution in [2.75, 3.05) is 13.1 Å². The molecule has 0 unspecified atom stereocenters. The van der Waals surface area contributed by atoms with Gasteiger partial charge in [-0.25, -0.2) is 4.98 Å². The highest BCUT2D eigenvalue weighted by Crippen LogP contribution is 2.28. The van der Waals surface area contributed by atoms with Gasteiger partial charge in [0.1, 0.15) is 12.7 Å². The summed E-state index contributed by atoms with van der Waals surface area (Å²) in [7, 11) is 0. The van der Waals surface area contributed by atoms with E-state index in [1.807, 2.05) is 17.0 Å². The standard InChI is InChI=1S/C17H21ClN4O/c18-16-7-5-14(6-8-16)15-3-1-9-21(11-15)17(23)4-2-10-22-13-19-12-20-22/h5-8,12-13,15H,1-4,9-11H2/t15-/m1/s1. The van der Waals surface area contributed by atoms with E-state index in [9.17, 15) is 4.79 Å². The average Bonchev–Trinajstić information content (AvgIpc) is 3.09. The molecular weight excluding hydrogens is 312 g/mol. The molecule has 1 atom stereocenters. The maximum atomic E-state index is 12.4. The van der Waals surface area contributed by atoms with Crippen LogP contribution in [-0.2, 0) is 11.3 Å². The molecule has 1 aliphatic rings. The second kappa shape index (κ2) is 7.59. The Labute approximate surface area is 141 Å². The summed E-state index contributed by atoms with van der Waals surface area (Å²) in [5, 5.41) is 4.81. The highest BCUT2D eigenvalue weighted by atomic mass is 35.5. The second-order valence-corrected chi connectivity index (χ2v) is 6.43. The molecule has 1 aliphatic heterocycles. The molecule has 1 fully saturated rings. The molecule has 3 rings (SSSR count). The first-order valence-corrected chi connectivity index (χ1v) is 8.46. The first-order valence-electron chi connectivity index (χ1n) is 8.08. The Kier molecular flexibility index (Phi) is 5.28. The van der Waals surface area contributed by atoms with Crippen molar-refractivity contribution in [3.8, 4) is 0 Å². The summed E-state index contributed by atoms with van der Waals surface area (Å²) in [5.74, 6) is 0.657. The van der Waals surface area contributed by atoms with E-state index in [4.69, 9.17) is 11.6 Å². The van der Waals surface area contributed by atoms with Gasteiger partial charge in [-0.05, 0) is 37.0 Å². The first-order chi connectivity index (χ1) is 11.2. The average molecular weight is 333 g/mol. The monoisotopic (exact) mass is 332 g/mol. The molecule has 1 aromatic carbocycles. The minimum absolute atomic E-state index is 0.240. The molecule has 6 heteroatoms. The number of carbonyl (C=O) groups excluding carboxylic acids is 1. The first kappa shape index (κ1) is 16.0. The van der Waals surface area contributed by atoms with E-state index in [0.717, 1.165) is 43.9 Å². The van der Waals surface area contributed by atoms with Gasteiger partial charge in [-0.3, -0.25) is 9.48 Å². The van der Waals surface area contributed by atoms with Gasteiger partial charge in [0.25, 0.3) is 0 Å². The minimum Gasteiger partial charge on any atom is -0.342 e. The summed E-state index contributed by atoms with van der Waals surface area (Å²) >= 11 is 5.95. The quantitative estimate of drug-likeness (QED) is 0.845. The number of rotatable bonds is 5. The number of hydrogen-bond donors (Lipinski definition) is 0. The number of carbonyl (C=O) groups is 1. The SMILES string of the molecule is O=C(CCCn1cncn1)N1CCC[C@@H](c2ccc(Cl)cc2)C1. The maximum Gasteiger partial charge on any atom is 0.222 e. The Morgan fingerprint density at radius 2 is 2.13 bits per heavy atom. The third-order valence-corrected chi connectivity index (χ3v) is 4.61. The lowest BCUT2D eigenvalue weighted by Gasteiger charge is -2.33. The fraction of sp³-hybridized carbons (Fsp3) is 0.471. The molecule has 0 bridgehead atoms. The van der Waals surface area contributed by atoms with Crippen LogP contribution < -0.4 is 0 Å². The fourth-order valence-corrected chi connectivity index (χ4v) is 3.24. The number of aromatic nitrogens is 3. The van der Waals surface area contributed by atoms with Gasteiger partial charge in [0, 0.05) is 37.0 Å². The van der Waals surface area contributed by atoms with Crippen LogP contribution in [0.25, 0.3) is 0 Å². The van der Waals surface area contributed by atoms with Crippen LogP contribution in [0.4, 0.5) is 0 Å². The number of piperidine rings is 1. The highest BCUT2D eigenvalue weighted by molar-refractivity contribution is 6.30. The van der Waals surface area contributed by atoms with Crippen molar-refractivity contribution in [1.29, 1.82) is 0 Å². The smallest absolute Gasteiger partial charge is 0.222 e. The van der Waals surface area contributed by atoms with E-state index in [0.29, 0.717) is 12.3 Å². The number of benzene rings is 1. The van der Waals surface area contributed by atoms with E-state index in [1.54, 1.807) is 11.0 Å². The van der Waals surface area contributed by atoms with Crippen molar-refractivity contribution in [2.24, 2.45) is 0 Å². The number of halogens is 1. The third-order valence-electron chi connectivity index (χ3n) is 4.36. The molecular formula is C17H21ClN4O. The van der Waals surface area contributed by atoms with E-state index in [1.165, 1.54) is 11.9 Å². The van der Waals surface area contributed by atoms with Crippen molar-refractivity contribution in [3.05, 3.63) is 47.5 Å². The predicted octanol–water partition coefficient (Wildman–Crippen LogP) is 3.12. The van der Waals surface area contributed by atoms with Gasteiger partial charge < -0.3 is 4.90 Å². The molecule has 0 N–H and O–H groups in total. The zero-order chi connectivity index (χ0) is 16.1. The molecule has 0 saturated carbocycles. The van der Waals surface area contributed by atoms with Crippen molar-refractivity contribution in [1.82, 2.24) is 19.7 Å². The van der Waals surface area contributed by atoms with Crippen molar-refractivity contribution < 1.29 is 4.79 Å². The van der Waals surface area contributed by atoms with Crippen LogP contribution in [-0.4, -0.2) is 38.7 Å². The molecule has 1 saturated heterocycles. The predicted molar refractivity (Wildman–Crippen MR) is 89.3 cm³/mol. The van der Waals surface area contributed by atoms with Gasteiger partial charge in [-0.1, -0.05) is 23.7 Å². The number of amides is 1. The van der Waals surface area contributed by atoms with Gasteiger partial charge >= 0.3 is 0 Å². The number of likely N-dealkylation sites (tertiary alicyclic amines) is 1. The topological polar surface area (TPSA) is 51.0 Å². The summed E-state index contributed by atoms with van der Waals surface area (Å²) in [6.07, 6.45) is 6.75. The van der Waals surface area contributed by atoms with Gasteiger partial charge in [-0.15, -0.1) is 0 Å². The lowest BCUT2D eigenvalue weighted by atomic mass is 9.90. The molecule has 0 spiro atoms. The second-order valence-electron chi connectivity index (χ2n) is 5.99. The summed E-state index contributed by atoms with van der Waals surface area (Å²) in [5.41, 5.74) is 1.27. The van der Waals surface area contributed by atoms with E-state index in [-0.39, 0.29) is 5.91 Å². The Morgan fingerprint density at radius 1 is 1.30 bits per heavy atom. The molecule has 0 aliphatic carbocycles. The van der Waals surface area contributed by atoms with Crippen molar-refractivity contribution in [2.45, 2.75) is 38.1 Å². The summed E-state index contributed by atoms with van der Waals surface area (Å²) < 4.78 is 1.76. The zero-order valence-corrected chi connectivity index (χ0v) is 13.8. The molecule has 23 heavy (non-hydrogen) atoms. The number of hydrogen-bond acceptors (Lipinski definition) is 3. The van der Waals surface area contributed by atoms with Crippen LogP contribution in [0.2, 0.25) is 5.02 Å². The highest BCUT2D eigenvalue weighted by Gasteiger charge is 2.24.